The van der Waals surface area contributed by atoms with Crippen LogP contribution in [0, 0.1) is 0 Å². The molecule has 0 heterocycles. The Morgan fingerprint density at radius 2 is 0.824 bits per heavy atom. The monoisotopic (exact) mass is 718 g/mol. The van der Waals surface area contributed by atoms with Crippen molar-refractivity contribution in [2.75, 3.05) is 6.61 Å². The van der Waals surface area contributed by atoms with E-state index in [0.29, 0.717) is 6.42 Å². The molecule has 5 nitrogen and oxygen atoms in total. The zero-order valence-corrected chi connectivity index (χ0v) is 34.0. The molecule has 0 aliphatic carbocycles. The number of aliphatic hydroxyl groups is 3. The largest absolute Gasteiger partial charge is 0.394 e. The number of nitrogens with one attached hydrogen (secondary N) is 1. The number of rotatable bonds is 40. The average molecular weight is 718 g/mol. The van der Waals surface area contributed by atoms with Gasteiger partial charge in [0.2, 0.25) is 5.91 Å². The first kappa shape index (κ1) is 49.6. The second-order valence-electron chi connectivity index (χ2n) is 15.2. The van der Waals surface area contributed by atoms with Gasteiger partial charge in [-0.2, -0.15) is 0 Å². The highest BCUT2D eigenvalue weighted by Gasteiger charge is 2.22. The van der Waals surface area contributed by atoms with Gasteiger partial charge in [-0.1, -0.05) is 224 Å². The Balaban J connectivity index is 3.54. The normalized spacial score (nSPS) is 13.9. The number of amides is 1. The van der Waals surface area contributed by atoms with Crippen LogP contribution in [-0.2, 0) is 4.79 Å². The molecule has 0 aromatic heterocycles. The molecule has 1 amide bonds. The maximum Gasteiger partial charge on any atom is 0.249 e. The lowest BCUT2D eigenvalue weighted by Crippen LogP contribution is -2.48. The summed E-state index contributed by atoms with van der Waals surface area (Å²) in [7, 11) is 0. The molecule has 0 aliphatic heterocycles. The molecule has 51 heavy (non-hydrogen) atoms. The maximum atomic E-state index is 12.4. The van der Waals surface area contributed by atoms with Crippen LogP contribution in [0.4, 0.5) is 0 Å². The van der Waals surface area contributed by atoms with Crippen molar-refractivity contribution in [3.63, 3.8) is 0 Å². The van der Waals surface area contributed by atoms with E-state index in [1.54, 1.807) is 6.08 Å². The average Bonchev–Trinajstić information content (AvgIpc) is 3.13. The molecule has 0 aromatic carbocycles. The summed E-state index contributed by atoms with van der Waals surface area (Å²) in [6.45, 7) is 4.05. The molecule has 3 unspecified atom stereocenters. The highest BCUT2D eigenvalue weighted by Crippen LogP contribution is 2.16. The van der Waals surface area contributed by atoms with Crippen LogP contribution in [0.15, 0.2) is 36.5 Å². The minimum atomic E-state index is -1.10. The smallest absolute Gasteiger partial charge is 0.249 e. The van der Waals surface area contributed by atoms with Gasteiger partial charge in [-0.05, 0) is 38.5 Å². The Kier molecular flexibility index (Phi) is 40.2. The van der Waals surface area contributed by atoms with Gasteiger partial charge in [0.15, 0.2) is 0 Å². The Bertz CT molecular complexity index is 794. The summed E-state index contributed by atoms with van der Waals surface area (Å²) in [6, 6.07) is -0.817. The summed E-state index contributed by atoms with van der Waals surface area (Å²) in [6.07, 6.45) is 52.1. The summed E-state index contributed by atoms with van der Waals surface area (Å²) in [5, 5.41) is 32.9. The lowest BCUT2D eigenvalue weighted by Gasteiger charge is -2.21. The zero-order valence-electron chi connectivity index (χ0n) is 34.0. The van der Waals surface area contributed by atoms with Crippen molar-refractivity contribution in [1.82, 2.24) is 5.32 Å². The highest BCUT2D eigenvalue weighted by molar-refractivity contribution is 5.80. The third-order valence-corrected chi connectivity index (χ3v) is 10.2. The van der Waals surface area contributed by atoms with Crippen LogP contribution in [0.1, 0.15) is 226 Å². The van der Waals surface area contributed by atoms with Crippen molar-refractivity contribution in [1.29, 1.82) is 0 Å². The van der Waals surface area contributed by atoms with Gasteiger partial charge in [-0.15, -0.1) is 0 Å². The van der Waals surface area contributed by atoms with Gasteiger partial charge < -0.3 is 20.6 Å². The van der Waals surface area contributed by atoms with Crippen molar-refractivity contribution in [2.24, 2.45) is 0 Å². The number of hydrogen-bond donors (Lipinski definition) is 4. The number of carbonyl (C=O) groups excluding carboxylic acids is 1. The number of carbonyl (C=O) groups is 1. The minimum Gasteiger partial charge on any atom is -0.394 e. The fraction of sp³-hybridized carbons (Fsp3) is 0.848. The predicted molar refractivity (Wildman–Crippen MR) is 222 cm³/mol. The van der Waals surface area contributed by atoms with E-state index in [2.05, 4.69) is 43.5 Å². The van der Waals surface area contributed by atoms with E-state index >= 15 is 0 Å². The van der Waals surface area contributed by atoms with Crippen LogP contribution in [0.5, 0.6) is 0 Å². The summed E-state index contributed by atoms with van der Waals surface area (Å²) in [4.78, 5) is 12.4. The molecule has 4 N–H and O–H groups in total. The molecule has 0 saturated carbocycles. The summed E-state index contributed by atoms with van der Waals surface area (Å²) < 4.78 is 0. The minimum absolute atomic E-state index is 0.380. The van der Waals surface area contributed by atoms with Crippen molar-refractivity contribution < 1.29 is 20.1 Å². The van der Waals surface area contributed by atoms with Gasteiger partial charge in [0, 0.05) is 0 Å². The van der Waals surface area contributed by atoms with Crippen molar-refractivity contribution in [2.45, 2.75) is 244 Å². The first-order valence-electron chi connectivity index (χ1n) is 22.3. The molecular weight excluding hydrogens is 631 g/mol. The molecule has 0 bridgehead atoms. The van der Waals surface area contributed by atoms with Crippen LogP contribution in [-0.4, -0.2) is 46.1 Å². The molecule has 0 aromatic rings. The SMILES string of the molecule is CC/C=C/CC/C=C/CC/C=C/C(O)C(CO)NC(=O)C(O)CCCCCCCCCCCCCCCCCCCCCCCCCCCCC. The van der Waals surface area contributed by atoms with E-state index in [4.69, 9.17) is 0 Å². The van der Waals surface area contributed by atoms with Crippen molar-refractivity contribution in [3.8, 4) is 0 Å². The second-order valence-corrected chi connectivity index (χ2v) is 15.2. The fourth-order valence-corrected chi connectivity index (χ4v) is 6.75. The van der Waals surface area contributed by atoms with Crippen molar-refractivity contribution >= 4 is 5.91 Å². The van der Waals surface area contributed by atoms with Gasteiger partial charge in [-0.25, -0.2) is 0 Å². The quantitative estimate of drug-likeness (QED) is 0.0375. The van der Waals surface area contributed by atoms with E-state index in [1.807, 2.05) is 6.08 Å². The molecule has 0 fully saturated rings. The Labute approximate surface area is 317 Å². The molecular formula is C46H87NO4. The predicted octanol–water partition coefficient (Wildman–Crippen LogP) is 12.8. The van der Waals surface area contributed by atoms with Gasteiger partial charge in [-0.3, -0.25) is 4.79 Å². The van der Waals surface area contributed by atoms with E-state index < -0.39 is 24.2 Å². The molecule has 0 aliphatic rings. The van der Waals surface area contributed by atoms with Gasteiger partial charge in [0.1, 0.15) is 6.10 Å². The Morgan fingerprint density at radius 1 is 0.490 bits per heavy atom. The Morgan fingerprint density at radius 3 is 1.18 bits per heavy atom. The third-order valence-electron chi connectivity index (χ3n) is 10.2. The lowest BCUT2D eigenvalue weighted by molar-refractivity contribution is -0.131. The van der Waals surface area contributed by atoms with E-state index in [1.165, 1.54) is 154 Å². The van der Waals surface area contributed by atoms with E-state index in [0.717, 1.165) is 51.4 Å². The number of aliphatic hydroxyl groups excluding tert-OH is 3. The van der Waals surface area contributed by atoms with Gasteiger partial charge in [0.05, 0.1) is 18.8 Å². The molecule has 300 valence electrons. The molecule has 3 atom stereocenters. The van der Waals surface area contributed by atoms with Crippen LogP contribution in [0.3, 0.4) is 0 Å². The second kappa shape index (κ2) is 41.3. The van der Waals surface area contributed by atoms with Crippen LogP contribution >= 0.6 is 0 Å². The standard InChI is InChI=1S/C46H87NO4/c1-3-5-7-9-11-13-15-16-17-18-19-20-21-22-23-24-25-26-27-28-29-30-31-33-35-37-39-41-45(50)46(51)47-43(42-48)44(49)40-38-36-34-32-14-12-10-8-6-4-2/h6,8,14,32,38,40,43-45,48-50H,3-5,7,9-13,15-31,33-37,39,41-42H2,1-2H3,(H,47,51)/b8-6+,32-14+,40-38+. The fourth-order valence-electron chi connectivity index (χ4n) is 6.75. The van der Waals surface area contributed by atoms with E-state index in [-0.39, 0.29) is 6.61 Å². The van der Waals surface area contributed by atoms with Crippen LogP contribution in [0.2, 0.25) is 0 Å². The number of unbranched alkanes of at least 4 members (excludes halogenated alkanes) is 28. The van der Waals surface area contributed by atoms with Gasteiger partial charge >= 0.3 is 0 Å². The molecule has 0 radical (unpaired) electrons. The Hall–Kier alpha value is -1.43. The molecule has 0 saturated heterocycles. The first-order valence-corrected chi connectivity index (χ1v) is 22.3. The zero-order chi connectivity index (χ0) is 37.3. The molecule has 0 rings (SSSR count). The summed E-state index contributed by atoms with van der Waals surface area (Å²) in [5.74, 6) is -0.517. The number of allylic oxidation sites excluding steroid dienone is 5. The molecule has 0 spiro atoms. The summed E-state index contributed by atoms with van der Waals surface area (Å²) >= 11 is 0. The lowest BCUT2D eigenvalue weighted by atomic mass is 10.0. The van der Waals surface area contributed by atoms with E-state index in [9.17, 15) is 20.1 Å². The van der Waals surface area contributed by atoms with Gasteiger partial charge in [0.25, 0.3) is 0 Å². The van der Waals surface area contributed by atoms with Crippen LogP contribution < -0.4 is 5.32 Å². The summed E-state index contributed by atoms with van der Waals surface area (Å²) in [5.41, 5.74) is 0. The van der Waals surface area contributed by atoms with Crippen molar-refractivity contribution in [3.05, 3.63) is 36.5 Å². The molecule has 5 heteroatoms. The first-order chi connectivity index (χ1) is 25.1. The maximum absolute atomic E-state index is 12.4. The number of hydrogen-bond acceptors (Lipinski definition) is 4. The highest BCUT2D eigenvalue weighted by atomic mass is 16.3. The topological polar surface area (TPSA) is 89.8 Å². The third kappa shape index (κ3) is 36.7. The van der Waals surface area contributed by atoms with Crippen LogP contribution in [0.25, 0.3) is 0 Å².